The Labute approximate surface area is 145 Å². The minimum atomic E-state index is -0.217. The van der Waals surface area contributed by atoms with Crippen LogP contribution in [0, 0.1) is 0 Å². The maximum atomic E-state index is 12.9. The molecule has 1 aromatic carbocycles. The van der Waals surface area contributed by atoms with Gasteiger partial charge in [0.2, 0.25) is 0 Å². The molecule has 1 saturated heterocycles. The Hall–Kier alpha value is -1.59. The zero-order valence-electron chi connectivity index (χ0n) is 15.3. The second-order valence-corrected chi connectivity index (χ2v) is 7.44. The Bertz CT molecular complexity index is 607. The number of anilines is 1. The Morgan fingerprint density at radius 2 is 2.00 bits per heavy atom. The first-order valence-electron chi connectivity index (χ1n) is 8.97. The number of carbonyl (C=O) groups excluding carboxylic acids is 1. The van der Waals surface area contributed by atoms with E-state index in [0.717, 1.165) is 56.3 Å². The van der Waals surface area contributed by atoms with Crippen LogP contribution in [0.3, 0.4) is 0 Å². The number of rotatable bonds is 4. The number of nitrogens with one attached hydrogen (secondary N) is 1. The molecule has 132 valence electrons. The van der Waals surface area contributed by atoms with E-state index in [1.807, 2.05) is 25.1 Å². The summed E-state index contributed by atoms with van der Waals surface area (Å²) in [4.78, 5) is 17.6. The van der Waals surface area contributed by atoms with Crippen LogP contribution in [0.1, 0.15) is 38.1 Å². The van der Waals surface area contributed by atoms with Crippen molar-refractivity contribution < 1.29 is 9.53 Å². The van der Waals surface area contributed by atoms with Gasteiger partial charge in [-0.05, 0) is 45.5 Å². The third-order valence-corrected chi connectivity index (χ3v) is 5.14. The zero-order valence-corrected chi connectivity index (χ0v) is 15.3. The fourth-order valence-corrected chi connectivity index (χ4v) is 3.43. The maximum absolute atomic E-state index is 12.9. The van der Waals surface area contributed by atoms with Gasteiger partial charge in [-0.1, -0.05) is 6.92 Å². The molecule has 24 heavy (non-hydrogen) atoms. The lowest BCUT2D eigenvalue weighted by Gasteiger charge is -2.37. The normalized spacial score (nSPS) is 22.2. The summed E-state index contributed by atoms with van der Waals surface area (Å²) in [6.07, 6.45) is 0. The summed E-state index contributed by atoms with van der Waals surface area (Å²) in [6.45, 7) is 14.2. The number of ketones is 1. The molecular weight excluding hydrogens is 302 g/mol. The van der Waals surface area contributed by atoms with Gasteiger partial charge < -0.3 is 15.0 Å². The molecule has 1 N–H and O–H groups in total. The Morgan fingerprint density at radius 3 is 2.67 bits per heavy atom. The van der Waals surface area contributed by atoms with Gasteiger partial charge in [0.25, 0.3) is 0 Å². The summed E-state index contributed by atoms with van der Waals surface area (Å²) in [5.74, 6) is 1.02. The molecule has 2 aliphatic heterocycles. The zero-order chi connectivity index (χ0) is 17.3. The lowest BCUT2D eigenvalue weighted by atomic mass is 10.0. The van der Waals surface area contributed by atoms with Gasteiger partial charge in [0.05, 0.1) is 18.3 Å². The predicted octanol–water partition coefficient (Wildman–Crippen LogP) is 2.48. The van der Waals surface area contributed by atoms with E-state index in [-0.39, 0.29) is 17.4 Å². The van der Waals surface area contributed by atoms with Crippen LogP contribution in [0.2, 0.25) is 0 Å². The van der Waals surface area contributed by atoms with Crippen LogP contribution in [0.15, 0.2) is 18.2 Å². The fourth-order valence-electron chi connectivity index (χ4n) is 3.43. The molecule has 0 spiro atoms. The average Bonchev–Trinajstić information content (AvgIpc) is 2.59. The van der Waals surface area contributed by atoms with Crippen molar-refractivity contribution in [2.75, 3.05) is 44.6 Å². The summed E-state index contributed by atoms with van der Waals surface area (Å²) in [5, 5.41) is 3.38. The van der Waals surface area contributed by atoms with Crippen LogP contribution in [0.4, 0.5) is 5.69 Å². The van der Waals surface area contributed by atoms with Gasteiger partial charge in [-0.25, -0.2) is 0 Å². The first kappa shape index (κ1) is 17.2. The van der Waals surface area contributed by atoms with Crippen LogP contribution < -0.4 is 10.1 Å². The lowest BCUT2D eigenvalue weighted by molar-refractivity contribution is 0.0710. The molecule has 5 heteroatoms. The van der Waals surface area contributed by atoms with Crippen molar-refractivity contribution in [2.45, 2.75) is 39.3 Å². The molecule has 0 saturated carbocycles. The Balaban J connectivity index is 1.69. The molecule has 2 heterocycles. The third kappa shape index (κ3) is 3.57. The van der Waals surface area contributed by atoms with E-state index in [0.29, 0.717) is 0 Å². The van der Waals surface area contributed by atoms with Crippen molar-refractivity contribution in [1.82, 2.24) is 9.80 Å². The molecule has 3 rings (SSSR count). The van der Waals surface area contributed by atoms with Crippen LogP contribution in [-0.2, 0) is 0 Å². The summed E-state index contributed by atoms with van der Waals surface area (Å²) < 4.78 is 5.97. The van der Waals surface area contributed by atoms with Crippen molar-refractivity contribution in [2.24, 2.45) is 0 Å². The van der Waals surface area contributed by atoms with Crippen molar-refractivity contribution in [3.63, 3.8) is 0 Å². The monoisotopic (exact) mass is 331 g/mol. The highest BCUT2D eigenvalue weighted by atomic mass is 16.5. The number of likely N-dealkylation sites (N-methyl/N-ethyl adjacent to an activating group) is 1. The minimum Gasteiger partial charge on any atom is -0.484 e. The van der Waals surface area contributed by atoms with Crippen LogP contribution in [-0.4, -0.2) is 66.5 Å². The molecule has 2 aliphatic rings. The molecule has 1 fully saturated rings. The predicted molar refractivity (Wildman–Crippen MR) is 97.1 cm³/mol. The molecular formula is C19H29N3O2. The summed E-state index contributed by atoms with van der Waals surface area (Å²) in [5.41, 5.74) is 1.46. The van der Waals surface area contributed by atoms with Gasteiger partial charge in [-0.2, -0.15) is 0 Å². The van der Waals surface area contributed by atoms with E-state index in [1.165, 1.54) is 0 Å². The molecule has 0 radical (unpaired) electrons. The van der Waals surface area contributed by atoms with E-state index >= 15 is 0 Å². The van der Waals surface area contributed by atoms with Crippen molar-refractivity contribution in [3.05, 3.63) is 23.8 Å². The Kier molecular flexibility index (Phi) is 4.83. The number of fused-ring (bicyclic) bond motifs is 1. The molecule has 1 unspecified atom stereocenters. The molecule has 1 aromatic rings. The Morgan fingerprint density at radius 1 is 1.29 bits per heavy atom. The van der Waals surface area contributed by atoms with E-state index in [1.54, 1.807) is 0 Å². The number of hydrogen-bond acceptors (Lipinski definition) is 5. The number of hydrogen-bond donors (Lipinski definition) is 1. The number of nitrogens with zero attached hydrogens (tertiary/aromatic N) is 2. The van der Waals surface area contributed by atoms with Crippen LogP contribution in [0.5, 0.6) is 5.75 Å². The summed E-state index contributed by atoms with van der Waals surface area (Å²) >= 11 is 0. The standard InChI is InChI=1S/C19H29N3O2/c1-5-21-8-10-22(11-9-21)14(2)18(23)15-6-7-17-16(12-15)20-13-19(3,4)24-17/h6-7,12,14,20H,5,8-11,13H2,1-4H3. The quantitative estimate of drug-likeness (QED) is 0.859. The number of Topliss-reactive ketones (excluding diaryl/α,β-unsaturated/α-hetero) is 1. The second-order valence-electron chi connectivity index (χ2n) is 7.44. The average molecular weight is 331 g/mol. The van der Waals surface area contributed by atoms with Gasteiger partial charge in [0.15, 0.2) is 5.78 Å². The van der Waals surface area contributed by atoms with Crippen molar-refractivity contribution >= 4 is 11.5 Å². The smallest absolute Gasteiger partial charge is 0.179 e. The SMILES string of the molecule is CCN1CCN(C(C)C(=O)c2ccc3c(c2)NCC(C)(C)O3)CC1. The van der Waals surface area contributed by atoms with Crippen molar-refractivity contribution in [1.29, 1.82) is 0 Å². The highest BCUT2D eigenvalue weighted by molar-refractivity contribution is 6.01. The van der Waals surface area contributed by atoms with E-state index in [2.05, 4.69) is 35.9 Å². The van der Waals surface area contributed by atoms with Gasteiger partial charge in [-0.3, -0.25) is 9.69 Å². The fraction of sp³-hybridized carbons (Fsp3) is 0.632. The molecule has 1 atom stereocenters. The van der Waals surface area contributed by atoms with Gasteiger partial charge in [-0.15, -0.1) is 0 Å². The summed E-state index contributed by atoms with van der Waals surface area (Å²) in [6, 6.07) is 5.66. The first-order chi connectivity index (χ1) is 11.4. The van der Waals surface area contributed by atoms with Crippen molar-refractivity contribution in [3.8, 4) is 5.75 Å². The number of ether oxygens (including phenoxy) is 1. The largest absolute Gasteiger partial charge is 0.484 e. The molecule has 0 amide bonds. The highest BCUT2D eigenvalue weighted by Crippen LogP contribution is 2.33. The number of benzene rings is 1. The van der Waals surface area contributed by atoms with Gasteiger partial charge in [0, 0.05) is 31.7 Å². The van der Waals surface area contributed by atoms with Crippen LogP contribution in [0.25, 0.3) is 0 Å². The topological polar surface area (TPSA) is 44.8 Å². The second kappa shape index (κ2) is 6.73. The molecule has 0 aromatic heterocycles. The summed E-state index contributed by atoms with van der Waals surface area (Å²) in [7, 11) is 0. The van der Waals surface area contributed by atoms with Gasteiger partial charge >= 0.3 is 0 Å². The lowest BCUT2D eigenvalue weighted by Crippen LogP contribution is -2.51. The maximum Gasteiger partial charge on any atom is 0.179 e. The van der Waals surface area contributed by atoms with E-state index in [9.17, 15) is 4.79 Å². The van der Waals surface area contributed by atoms with E-state index < -0.39 is 0 Å². The molecule has 0 aliphatic carbocycles. The number of carbonyl (C=O) groups is 1. The minimum absolute atomic E-state index is 0.0805. The molecule has 5 nitrogen and oxygen atoms in total. The van der Waals surface area contributed by atoms with E-state index in [4.69, 9.17) is 4.74 Å². The highest BCUT2D eigenvalue weighted by Gasteiger charge is 2.29. The number of piperazine rings is 1. The third-order valence-electron chi connectivity index (χ3n) is 5.14. The first-order valence-corrected chi connectivity index (χ1v) is 8.97. The van der Waals surface area contributed by atoms with Gasteiger partial charge in [0.1, 0.15) is 11.4 Å². The molecule has 0 bridgehead atoms. The van der Waals surface area contributed by atoms with Crippen LogP contribution >= 0.6 is 0 Å².